The molecule has 1 aliphatic rings. The smallest absolute Gasteiger partial charge is 0.172 e. The molecule has 58 valence electrons. The molecule has 2 rings (SSSR count). The first-order chi connectivity index (χ1) is 5.27. The van der Waals surface area contributed by atoms with E-state index in [1.807, 2.05) is 0 Å². The summed E-state index contributed by atoms with van der Waals surface area (Å²) in [6.07, 6.45) is 0. The van der Waals surface area contributed by atoms with Crippen molar-refractivity contribution in [3.8, 4) is 0 Å². The van der Waals surface area contributed by atoms with Gasteiger partial charge in [-0.05, 0) is 0 Å². The van der Waals surface area contributed by atoms with Gasteiger partial charge in [0.2, 0.25) is 0 Å². The molecule has 1 aromatic heterocycles. The maximum Gasteiger partial charge on any atom is 0.172 e. The van der Waals surface area contributed by atoms with Crippen LogP contribution < -0.4 is 10.6 Å². The summed E-state index contributed by atoms with van der Waals surface area (Å²) in [6, 6.07) is 0. The second-order valence-corrected chi connectivity index (χ2v) is 2.75. The zero-order valence-corrected chi connectivity index (χ0v) is 6.87. The minimum absolute atomic E-state index is 0.224. The van der Waals surface area contributed by atoms with Crippen molar-refractivity contribution < 1.29 is 0 Å². The maximum atomic E-state index is 5.62. The van der Waals surface area contributed by atoms with Crippen LogP contribution in [0.5, 0.6) is 0 Å². The summed E-state index contributed by atoms with van der Waals surface area (Å²) in [7, 11) is 0. The topological polar surface area (TPSA) is 49.8 Å². The molecule has 2 heterocycles. The van der Waals surface area contributed by atoms with Crippen molar-refractivity contribution in [1.82, 2.24) is 9.97 Å². The Morgan fingerprint density at radius 3 is 1.91 bits per heavy atom. The lowest BCUT2D eigenvalue weighted by molar-refractivity contribution is 1.23. The first-order valence-corrected chi connectivity index (χ1v) is 3.74. The van der Waals surface area contributed by atoms with Crippen LogP contribution in [0.4, 0.5) is 11.6 Å². The fourth-order valence-corrected chi connectivity index (χ4v) is 1.11. The van der Waals surface area contributed by atoms with Gasteiger partial charge in [0.25, 0.3) is 0 Å². The van der Waals surface area contributed by atoms with Crippen molar-refractivity contribution in [2.75, 3.05) is 17.3 Å². The van der Waals surface area contributed by atoms with E-state index in [1.54, 1.807) is 0 Å². The minimum atomic E-state index is 0.224. The van der Waals surface area contributed by atoms with Crippen LogP contribution in [0.15, 0.2) is 0 Å². The highest BCUT2D eigenvalue weighted by atomic mass is 35.5. The molecule has 4 nitrogen and oxygen atoms in total. The molecule has 1 aromatic rings. The van der Waals surface area contributed by atoms with Gasteiger partial charge in [-0.2, -0.15) is 0 Å². The monoisotopic (exact) mass is 190 g/mol. The molecule has 0 saturated heterocycles. The summed E-state index contributed by atoms with van der Waals surface area (Å²) >= 11 is 11.2. The molecule has 0 aromatic carbocycles. The van der Waals surface area contributed by atoms with Crippen molar-refractivity contribution in [3.63, 3.8) is 0 Å². The number of nitrogens with one attached hydrogen (secondary N) is 2. The number of anilines is 2. The molecule has 6 heteroatoms. The van der Waals surface area contributed by atoms with E-state index in [1.165, 1.54) is 0 Å². The first kappa shape index (κ1) is 6.94. The summed E-state index contributed by atoms with van der Waals surface area (Å²) in [5.74, 6) is 1.30. The van der Waals surface area contributed by atoms with E-state index in [0.717, 1.165) is 0 Å². The van der Waals surface area contributed by atoms with Gasteiger partial charge in [-0.15, -0.1) is 0 Å². The third-order valence-corrected chi connectivity index (χ3v) is 1.95. The number of halogens is 2. The first-order valence-electron chi connectivity index (χ1n) is 2.98. The molecule has 0 aliphatic carbocycles. The molecule has 0 spiro atoms. The van der Waals surface area contributed by atoms with E-state index in [0.29, 0.717) is 18.3 Å². The van der Waals surface area contributed by atoms with Crippen molar-refractivity contribution in [1.29, 1.82) is 0 Å². The van der Waals surface area contributed by atoms with Gasteiger partial charge in [0, 0.05) is 0 Å². The molecule has 0 atom stereocenters. The minimum Gasteiger partial charge on any atom is -0.350 e. The highest BCUT2D eigenvalue weighted by Gasteiger charge is 2.14. The van der Waals surface area contributed by atoms with E-state index in [2.05, 4.69) is 20.6 Å². The van der Waals surface area contributed by atoms with Crippen molar-refractivity contribution in [3.05, 3.63) is 10.3 Å². The molecule has 1 aliphatic heterocycles. The van der Waals surface area contributed by atoms with Gasteiger partial charge in [-0.25, -0.2) is 9.97 Å². The Morgan fingerprint density at radius 2 is 1.45 bits per heavy atom. The Balaban J connectivity index is 2.57. The summed E-state index contributed by atoms with van der Waals surface area (Å²) < 4.78 is 0. The van der Waals surface area contributed by atoms with Gasteiger partial charge in [0.15, 0.2) is 21.9 Å². The molecule has 0 unspecified atom stereocenters. The van der Waals surface area contributed by atoms with Crippen LogP contribution in [0.2, 0.25) is 10.3 Å². The lowest BCUT2D eigenvalue weighted by Gasteiger charge is -1.97. The normalized spacial score (nSPS) is 13.6. The van der Waals surface area contributed by atoms with Crippen LogP contribution in [0.25, 0.3) is 0 Å². The Hall–Kier alpha value is -0.740. The number of rotatable bonds is 0. The fraction of sp³-hybridized carbons (Fsp3) is 0.200. The van der Waals surface area contributed by atoms with Gasteiger partial charge in [-0.3, -0.25) is 0 Å². The maximum absolute atomic E-state index is 5.62. The average molecular weight is 191 g/mol. The molecule has 0 amide bonds. The second kappa shape index (κ2) is 2.39. The lowest BCUT2D eigenvalue weighted by Crippen LogP contribution is -1.99. The van der Waals surface area contributed by atoms with Gasteiger partial charge in [0.05, 0.1) is 6.67 Å². The van der Waals surface area contributed by atoms with E-state index < -0.39 is 0 Å². The molecule has 0 fully saturated rings. The standard InChI is InChI=1S/C5H4Cl2N4/c6-2-3(7)11-5-4(10-2)8-1-9-5/h1H2,(H,8,10)(H,9,11). The molecule has 11 heavy (non-hydrogen) atoms. The van der Waals surface area contributed by atoms with Crippen LogP contribution in [-0.4, -0.2) is 16.6 Å². The molecule has 0 radical (unpaired) electrons. The zero-order chi connectivity index (χ0) is 7.84. The van der Waals surface area contributed by atoms with E-state index >= 15 is 0 Å². The highest BCUT2D eigenvalue weighted by Crippen LogP contribution is 2.27. The molecule has 0 saturated carbocycles. The Kier molecular flexibility index (Phi) is 1.51. The van der Waals surface area contributed by atoms with Crippen LogP contribution in [0.3, 0.4) is 0 Å². The quantitative estimate of drug-likeness (QED) is 0.653. The van der Waals surface area contributed by atoms with Crippen LogP contribution in [0, 0.1) is 0 Å². The predicted molar refractivity (Wildman–Crippen MR) is 44.2 cm³/mol. The summed E-state index contributed by atoms with van der Waals surface area (Å²) in [5.41, 5.74) is 0. The van der Waals surface area contributed by atoms with E-state index in [9.17, 15) is 0 Å². The van der Waals surface area contributed by atoms with Crippen LogP contribution in [0.1, 0.15) is 0 Å². The number of nitrogens with zero attached hydrogens (tertiary/aromatic N) is 2. The average Bonchev–Trinajstić information content (AvgIpc) is 2.36. The Morgan fingerprint density at radius 1 is 1.00 bits per heavy atom. The molecular formula is C5H4Cl2N4. The molecular weight excluding hydrogens is 187 g/mol. The van der Waals surface area contributed by atoms with E-state index in [4.69, 9.17) is 23.2 Å². The van der Waals surface area contributed by atoms with E-state index in [-0.39, 0.29) is 10.3 Å². The van der Waals surface area contributed by atoms with Crippen molar-refractivity contribution in [2.24, 2.45) is 0 Å². The van der Waals surface area contributed by atoms with Gasteiger partial charge in [-0.1, -0.05) is 23.2 Å². The number of hydrogen-bond acceptors (Lipinski definition) is 4. The highest BCUT2D eigenvalue weighted by molar-refractivity contribution is 6.40. The SMILES string of the molecule is Clc1nc2c(nc1Cl)NCN2. The number of aromatic nitrogens is 2. The fourth-order valence-electron chi connectivity index (χ4n) is 0.853. The van der Waals surface area contributed by atoms with Gasteiger partial charge in [0.1, 0.15) is 0 Å². The van der Waals surface area contributed by atoms with Crippen molar-refractivity contribution >= 4 is 34.8 Å². The third kappa shape index (κ3) is 1.08. The van der Waals surface area contributed by atoms with Gasteiger partial charge < -0.3 is 10.6 Å². The van der Waals surface area contributed by atoms with Crippen molar-refractivity contribution in [2.45, 2.75) is 0 Å². The summed E-state index contributed by atoms with van der Waals surface area (Å²) in [4.78, 5) is 7.90. The summed E-state index contributed by atoms with van der Waals surface area (Å²) in [5, 5.41) is 6.33. The zero-order valence-electron chi connectivity index (χ0n) is 5.36. The number of fused-ring (bicyclic) bond motifs is 1. The molecule has 0 bridgehead atoms. The lowest BCUT2D eigenvalue weighted by atomic mass is 10.6. The van der Waals surface area contributed by atoms with Crippen LogP contribution >= 0.6 is 23.2 Å². The van der Waals surface area contributed by atoms with Gasteiger partial charge >= 0.3 is 0 Å². The number of hydrogen-bond donors (Lipinski definition) is 2. The molecule has 2 N–H and O–H groups in total. The summed E-state index contributed by atoms with van der Waals surface area (Å²) in [6.45, 7) is 0.617. The third-order valence-electron chi connectivity index (χ3n) is 1.33. The largest absolute Gasteiger partial charge is 0.350 e. The Bertz CT molecular complexity index is 272. The Labute approximate surface area is 72.9 Å². The second-order valence-electron chi connectivity index (χ2n) is 2.03. The van der Waals surface area contributed by atoms with Crippen LogP contribution in [-0.2, 0) is 0 Å². The predicted octanol–water partition coefficient (Wildman–Crippen LogP) is 1.58.